The number of hydrogen-bond acceptors (Lipinski definition) is 6. The van der Waals surface area contributed by atoms with Gasteiger partial charge in [0.05, 0.1) is 29.8 Å². The van der Waals surface area contributed by atoms with Gasteiger partial charge in [0.25, 0.3) is 0 Å². The summed E-state index contributed by atoms with van der Waals surface area (Å²) in [5, 5.41) is 9.11. The third-order valence-corrected chi connectivity index (χ3v) is 5.32. The molecule has 2 aromatic carbocycles. The summed E-state index contributed by atoms with van der Waals surface area (Å²) in [4.78, 5) is 21.1. The highest BCUT2D eigenvalue weighted by molar-refractivity contribution is 5.94. The van der Waals surface area contributed by atoms with Crippen LogP contribution < -0.4 is 4.90 Å². The quantitative estimate of drug-likeness (QED) is 0.647. The van der Waals surface area contributed by atoms with Crippen molar-refractivity contribution in [2.24, 2.45) is 0 Å². The van der Waals surface area contributed by atoms with E-state index in [4.69, 9.17) is 9.84 Å². The highest BCUT2D eigenvalue weighted by Gasteiger charge is 2.17. The Kier molecular flexibility index (Phi) is 5.78. The van der Waals surface area contributed by atoms with Crippen molar-refractivity contribution in [1.29, 1.82) is 0 Å². The summed E-state index contributed by atoms with van der Waals surface area (Å²) < 4.78 is 7.12. The lowest BCUT2D eigenvalue weighted by Crippen LogP contribution is -2.47. The van der Waals surface area contributed by atoms with Gasteiger partial charge >= 0.3 is 5.97 Å². The second kappa shape index (κ2) is 8.63. The van der Waals surface area contributed by atoms with Gasteiger partial charge in [0.1, 0.15) is 6.33 Å². The Bertz CT molecular complexity index is 993. The molecule has 1 aromatic heterocycles. The molecule has 3 aromatic rings. The molecule has 29 heavy (non-hydrogen) atoms. The maximum absolute atomic E-state index is 12.0. The van der Waals surface area contributed by atoms with Crippen LogP contribution >= 0.6 is 0 Å². The van der Waals surface area contributed by atoms with E-state index in [0.717, 1.165) is 49.4 Å². The predicted octanol–water partition coefficient (Wildman–Crippen LogP) is 2.32. The van der Waals surface area contributed by atoms with E-state index in [2.05, 4.69) is 39.0 Å². The number of carbonyl (C=O) groups excluding carboxylic acids is 1. The van der Waals surface area contributed by atoms with E-state index < -0.39 is 0 Å². The zero-order valence-corrected chi connectivity index (χ0v) is 16.6. The van der Waals surface area contributed by atoms with Crippen LogP contribution in [0.1, 0.15) is 17.3 Å². The standard InChI is InChI=1S/C22H26N4O3/c1-2-29-22(28)17-6-7-21-20(14-17)23-16-26(21)19-5-3-4-18(15-19)25-10-8-24(9-11-25)12-13-27/h3-7,14-16,27H,2,8-13H2,1H3. The van der Waals surface area contributed by atoms with Crippen LogP contribution in [0.2, 0.25) is 0 Å². The van der Waals surface area contributed by atoms with Crippen molar-refractivity contribution in [3.05, 3.63) is 54.4 Å². The van der Waals surface area contributed by atoms with Gasteiger partial charge in [0.2, 0.25) is 0 Å². The lowest BCUT2D eigenvalue weighted by atomic mass is 10.2. The molecule has 7 heteroatoms. The molecule has 1 aliphatic rings. The van der Waals surface area contributed by atoms with E-state index in [1.807, 2.05) is 10.6 Å². The lowest BCUT2D eigenvalue weighted by molar-refractivity contribution is 0.0526. The maximum Gasteiger partial charge on any atom is 0.338 e. The molecule has 0 amide bonds. The number of hydrogen-bond donors (Lipinski definition) is 1. The van der Waals surface area contributed by atoms with E-state index in [0.29, 0.717) is 12.2 Å². The first-order chi connectivity index (χ1) is 14.2. The van der Waals surface area contributed by atoms with E-state index >= 15 is 0 Å². The molecule has 4 rings (SSSR count). The van der Waals surface area contributed by atoms with Crippen molar-refractivity contribution >= 4 is 22.7 Å². The van der Waals surface area contributed by atoms with Crippen LogP contribution in [0.3, 0.4) is 0 Å². The molecule has 0 aliphatic carbocycles. The van der Waals surface area contributed by atoms with Crippen LogP contribution in [0.5, 0.6) is 0 Å². The monoisotopic (exact) mass is 394 g/mol. The number of carbonyl (C=O) groups is 1. The topological polar surface area (TPSA) is 70.8 Å². The normalized spacial score (nSPS) is 15.0. The average molecular weight is 394 g/mol. The fourth-order valence-electron chi connectivity index (χ4n) is 3.77. The van der Waals surface area contributed by atoms with Gasteiger partial charge < -0.3 is 14.7 Å². The van der Waals surface area contributed by atoms with Crippen LogP contribution in [0, 0.1) is 0 Å². The summed E-state index contributed by atoms with van der Waals surface area (Å²) in [6, 6.07) is 13.9. The number of aliphatic hydroxyl groups is 1. The largest absolute Gasteiger partial charge is 0.462 e. The molecule has 0 saturated carbocycles. The van der Waals surface area contributed by atoms with Crippen LogP contribution in [0.25, 0.3) is 16.7 Å². The molecular weight excluding hydrogens is 368 g/mol. The first-order valence-corrected chi connectivity index (χ1v) is 10.0. The second-order valence-electron chi connectivity index (χ2n) is 7.11. The summed E-state index contributed by atoms with van der Waals surface area (Å²) in [5.41, 5.74) is 4.43. The number of imidazole rings is 1. The van der Waals surface area contributed by atoms with Gasteiger partial charge in [-0.25, -0.2) is 9.78 Å². The van der Waals surface area contributed by atoms with Gasteiger partial charge in [-0.15, -0.1) is 0 Å². The minimum absolute atomic E-state index is 0.209. The summed E-state index contributed by atoms with van der Waals surface area (Å²) in [7, 11) is 0. The van der Waals surface area contributed by atoms with E-state index in [1.54, 1.807) is 25.4 Å². The predicted molar refractivity (Wildman–Crippen MR) is 113 cm³/mol. The van der Waals surface area contributed by atoms with Gasteiger partial charge in [-0.2, -0.15) is 0 Å². The van der Waals surface area contributed by atoms with Crippen LogP contribution in [0.4, 0.5) is 5.69 Å². The van der Waals surface area contributed by atoms with E-state index in [9.17, 15) is 4.79 Å². The van der Waals surface area contributed by atoms with Crippen molar-refractivity contribution in [2.75, 3.05) is 50.8 Å². The van der Waals surface area contributed by atoms with Gasteiger partial charge in [-0.05, 0) is 43.3 Å². The molecule has 1 N–H and O–H groups in total. The van der Waals surface area contributed by atoms with Gasteiger partial charge in [0, 0.05) is 44.1 Å². The number of benzene rings is 2. The zero-order chi connectivity index (χ0) is 20.2. The molecule has 7 nitrogen and oxygen atoms in total. The third kappa shape index (κ3) is 4.11. The van der Waals surface area contributed by atoms with Gasteiger partial charge in [0.15, 0.2) is 0 Å². The fourth-order valence-corrected chi connectivity index (χ4v) is 3.77. The molecule has 1 fully saturated rings. The minimum Gasteiger partial charge on any atom is -0.462 e. The zero-order valence-electron chi connectivity index (χ0n) is 16.6. The van der Waals surface area contributed by atoms with Gasteiger partial charge in [-0.1, -0.05) is 6.07 Å². The number of rotatable bonds is 6. The Hall–Kier alpha value is -2.90. The van der Waals surface area contributed by atoms with Crippen LogP contribution in [-0.2, 0) is 4.74 Å². The molecule has 0 unspecified atom stereocenters. The average Bonchev–Trinajstić information content (AvgIpc) is 3.18. The fraction of sp³-hybridized carbons (Fsp3) is 0.364. The van der Waals surface area contributed by atoms with E-state index in [-0.39, 0.29) is 12.6 Å². The van der Waals surface area contributed by atoms with Gasteiger partial charge in [-0.3, -0.25) is 9.47 Å². The third-order valence-electron chi connectivity index (χ3n) is 5.32. The summed E-state index contributed by atoms with van der Waals surface area (Å²) in [5.74, 6) is -0.328. The molecule has 0 spiro atoms. The Morgan fingerprint density at radius 1 is 1.10 bits per heavy atom. The Labute approximate surface area is 170 Å². The number of aliphatic hydroxyl groups excluding tert-OH is 1. The summed E-state index contributed by atoms with van der Waals surface area (Å²) in [6.07, 6.45) is 1.79. The van der Waals surface area contributed by atoms with Crippen molar-refractivity contribution in [1.82, 2.24) is 14.5 Å². The first kappa shape index (κ1) is 19.4. The highest BCUT2D eigenvalue weighted by Crippen LogP contribution is 2.24. The molecule has 1 saturated heterocycles. The minimum atomic E-state index is -0.328. The van der Waals surface area contributed by atoms with Crippen molar-refractivity contribution < 1.29 is 14.6 Å². The number of piperazine rings is 1. The summed E-state index contributed by atoms with van der Waals surface area (Å²) in [6.45, 7) is 6.89. The second-order valence-corrected chi connectivity index (χ2v) is 7.11. The Morgan fingerprint density at radius 2 is 1.90 bits per heavy atom. The lowest BCUT2D eigenvalue weighted by Gasteiger charge is -2.36. The molecular formula is C22H26N4O3. The molecule has 0 atom stereocenters. The number of aromatic nitrogens is 2. The summed E-state index contributed by atoms with van der Waals surface area (Å²) >= 11 is 0. The number of ether oxygens (including phenoxy) is 1. The SMILES string of the molecule is CCOC(=O)c1ccc2c(c1)ncn2-c1cccc(N2CCN(CCO)CC2)c1. The number of nitrogens with zero attached hydrogens (tertiary/aromatic N) is 4. The maximum atomic E-state index is 12.0. The van der Waals surface area contributed by atoms with Crippen LogP contribution in [0.15, 0.2) is 48.8 Å². The number of β-amino-alcohol motifs (C(OH)–C–C–N with tert-alkyl or cyclic N) is 1. The molecule has 1 aliphatic heterocycles. The Morgan fingerprint density at radius 3 is 2.66 bits per heavy atom. The van der Waals surface area contributed by atoms with Crippen molar-refractivity contribution in [2.45, 2.75) is 6.92 Å². The number of anilines is 1. The number of esters is 1. The molecule has 0 radical (unpaired) electrons. The van der Waals surface area contributed by atoms with E-state index in [1.165, 1.54) is 5.69 Å². The Balaban J connectivity index is 1.57. The molecule has 2 heterocycles. The number of fused-ring (bicyclic) bond motifs is 1. The van der Waals surface area contributed by atoms with Crippen LogP contribution in [-0.4, -0.2) is 71.5 Å². The highest BCUT2D eigenvalue weighted by atomic mass is 16.5. The van der Waals surface area contributed by atoms with Crippen molar-refractivity contribution in [3.63, 3.8) is 0 Å². The van der Waals surface area contributed by atoms with Crippen molar-refractivity contribution in [3.8, 4) is 5.69 Å². The first-order valence-electron chi connectivity index (χ1n) is 10.0. The molecule has 0 bridgehead atoms. The molecule has 152 valence electrons. The smallest absolute Gasteiger partial charge is 0.338 e.